The summed E-state index contributed by atoms with van der Waals surface area (Å²) in [5.74, 6) is 4.07. The minimum atomic E-state index is -0.757. The molecule has 166 valence electrons. The molecule has 5 rings (SSSR count). The number of ketones is 1. The number of aromatic nitrogens is 1. The molecule has 1 aromatic rings. The average Bonchev–Trinajstić information content (AvgIpc) is 3.34. The van der Waals surface area contributed by atoms with Crippen LogP contribution in [0.5, 0.6) is 0 Å². The summed E-state index contributed by atoms with van der Waals surface area (Å²) in [4.78, 5) is 17.5. The lowest BCUT2D eigenvalue weighted by Crippen LogP contribution is -2.51. The number of halogens is 1. The predicted molar refractivity (Wildman–Crippen MR) is 117 cm³/mol. The first-order chi connectivity index (χ1) is 14.4. The fourth-order valence-electron chi connectivity index (χ4n) is 8.51. The second-order valence-corrected chi connectivity index (χ2v) is 12.1. The Morgan fingerprint density at radius 3 is 2.77 bits per heavy atom. The second kappa shape index (κ2) is 7.95. The predicted octanol–water partition coefficient (Wildman–Crippen LogP) is 5.61. The van der Waals surface area contributed by atoms with E-state index in [-0.39, 0.29) is 11.3 Å². The van der Waals surface area contributed by atoms with Crippen LogP contribution in [0.25, 0.3) is 0 Å². The Balaban J connectivity index is 1.29. The van der Waals surface area contributed by atoms with E-state index in [9.17, 15) is 14.3 Å². The number of fused-ring (bicyclic) bond motifs is 5. The van der Waals surface area contributed by atoms with Gasteiger partial charge in [0.1, 0.15) is 5.78 Å². The van der Waals surface area contributed by atoms with Crippen molar-refractivity contribution in [1.82, 2.24) is 4.98 Å². The van der Waals surface area contributed by atoms with Crippen LogP contribution in [-0.2, 0) is 11.2 Å². The smallest absolute Gasteiger partial charge is 0.143 e. The molecule has 0 aliphatic heterocycles. The number of hydrogen-bond acceptors (Lipinski definition) is 4. The molecule has 1 N–H and O–H groups in total. The van der Waals surface area contributed by atoms with Gasteiger partial charge in [-0.2, -0.15) is 0 Å². The highest BCUT2D eigenvalue weighted by atomic mass is 32.1. The molecule has 1 aromatic heterocycles. The first-order valence-corrected chi connectivity index (χ1v) is 13.0. The van der Waals surface area contributed by atoms with Crippen LogP contribution in [0.4, 0.5) is 4.39 Å². The number of rotatable bonds is 5. The van der Waals surface area contributed by atoms with Gasteiger partial charge in [0.25, 0.3) is 0 Å². The third kappa shape index (κ3) is 3.48. The van der Waals surface area contributed by atoms with Crippen LogP contribution < -0.4 is 0 Å². The average molecular weight is 434 g/mol. The highest BCUT2D eigenvalue weighted by Crippen LogP contribution is 2.64. The van der Waals surface area contributed by atoms with Crippen molar-refractivity contribution in [1.29, 1.82) is 0 Å². The summed E-state index contributed by atoms with van der Waals surface area (Å²) in [6, 6.07) is 0. The number of carbonyl (C=O) groups is 1. The number of nitrogens with zero attached hydrogens (tertiary/aromatic N) is 1. The lowest BCUT2D eigenvalue weighted by atomic mass is 9.48. The minimum absolute atomic E-state index is 0.159. The summed E-state index contributed by atoms with van der Waals surface area (Å²) in [7, 11) is 0. The zero-order chi connectivity index (χ0) is 20.9. The Morgan fingerprint density at radius 1 is 1.17 bits per heavy atom. The summed E-state index contributed by atoms with van der Waals surface area (Å²) >= 11 is 1.60. The molecule has 0 aromatic carbocycles. The molecule has 0 spiro atoms. The Kier molecular flexibility index (Phi) is 5.58. The molecule has 0 bridgehead atoms. The SMILES string of the molecule is C[C@]12CC[C@H]3[C@@H](CC[C@H]4C[C@@](O)(CCF)CC[C@@H]43)[C@@H]1CC[C@@H]2C(=O)Cc1nccs1. The number of aliphatic hydroxyl groups is 1. The Morgan fingerprint density at radius 2 is 2.00 bits per heavy atom. The van der Waals surface area contributed by atoms with E-state index in [2.05, 4.69) is 11.9 Å². The second-order valence-electron chi connectivity index (χ2n) is 11.1. The quantitative estimate of drug-likeness (QED) is 0.656. The van der Waals surface area contributed by atoms with Crippen LogP contribution >= 0.6 is 11.3 Å². The highest BCUT2D eigenvalue weighted by Gasteiger charge is 2.58. The summed E-state index contributed by atoms with van der Waals surface area (Å²) in [5, 5.41) is 13.7. The fraction of sp³-hybridized carbons (Fsp3) is 0.840. The van der Waals surface area contributed by atoms with Crippen LogP contribution in [-0.4, -0.2) is 28.1 Å². The topological polar surface area (TPSA) is 50.2 Å². The van der Waals surface area contributed by atoms with E-state index in [0.29, 0.717) is 36.4 Å². The van der Waals surface area contributed by atoms with Crippen LogP contribution in [0.1, 0.15) is 76.1 Å². The number of alkyl halides is 1. The van der Waals surface area contributed by atoms with Gasteiger partial charge in [0.2, 0.25) is 0 Å². The van der Waals surface area contributed by atoms with Crippen LogP contribution in [0.2, 0.25) is 0 Å². The van der Waals surface area contributed by atoms with Gasteiger partial charge in [0.15, 0.2) is 0 Å². The molecule has 0 amide bonds. The summed E-state index contributed by atoms with van der Waals surface area (Å²) < 4.78 is 12.9. The molecule has 0 unspecified atom stereocenters. The van der Waals surface area contributed by atoms with E-state index >= 15 is 0 Å². The zero-order valence-electron chi connectivity index (χ0n) is 18.2. The third-order valence-electron chi connectivity index (χ3n) is 9.86. The summed E-state index contributed by atoms with van der Waals surface area (Å²) in [6.07, 6.45) is 12.4. The molecule has 4 aliphatic rings. The van der Waals surface area contributed by atoms with Gasteiger partial charge in [-0.25, -0.2) is 4.98 Å². The molecule has 4 fully saturated rings. The maximum atomic E-state index is 13.2. The van der Waals surface area contributed by atoms with Gasteiger partial charge in [-0.3, -0.25) is 9.18 Å². The number of thiazole rings is 1. The molecule has 4 saturated carbocycles. The van der Waals surface area contributed by atoms with E-state index in [0.717, 1.165) is 42.5 Å². The van der Waals surface area contributed by atoms with Gasteiger partial charge in [-0.05, 0) is 92.8 Å². The van der Waals surface area contributed by atoms with E-state index in [1.54, 1.807) is 17.5 Å². The molecule has 0 radical (unpaired) electrons. The first-order valence-electron chi connectivity index (χ1n) is 12.1. The third-order valence-corrected chi connectivity index (χ3v) is 10.6. The summed E-state index contributed by atoms with van der Waals surface area (Å²) in [5.41, 5.74) is -0.599. The van der Waals surface area contributed by atoms with Gasteiger partial charge in [-0.15, -0.1) is 11.3 Å². The largest absolute Gasteiger partial charge is 0.390 e. The molecule has 5 heteroatoms. The van der Waals surface area contributed by atoms with Gasteiger partial charge < -0.3 is 5.11 Å². The minimum Gasteiger partial charge on any atom is -0.390 e. The zero-order valence-corrected chi connectivity index (χ0v) is 19.0. The van der Waals surface area contributed by atoms with Crippen molar-refractivity contribution in [2.45, 2.75) is 83.2 Å². The molecule has 30 heavy (non-hydrogen) atoms. The van der Waals surface area contributed by atoms with Crippen molar-refractivity contribution < 1.29 is 14.3 Å². The molecule has 1 heterocycles. The van der Waals surface area contributed by atoms with Crippen molar-refractivity contribution in [2.75, 3.05) is 6.67 Å². The molecule has 4 aliphatic carbocycles. The van der Waals surface area contributed by atoms with Crippen molar-refractivity contribution in [3.63, 3.8) is 0 Å². The number of hydrogen-bond donors (Lipinski definition) is 1. The standard InChI is InChI=1S/C25H36FNO2S/c1-24-8-6-18-17-7-9-25(29,10-11-26)15-16(17)2-3-19(18)20(24)4-5-21(24)22(28)14-23-27-12-13-30-23/h12-13,16-21,29H,2-11,14-15H2,1H3/t16-,17-,18+,19+,20-,21+,24-,25-/m0/s1. The van der Waals surface area contributed by atoms with Crippen LogP contribution in [0.3, 0.4) is 0 Å². The monoisotopic (exact) mass is 433 g/mol. The van der Waals surface area contributed by atoms with Gasteiger partial charge in [0.05, 0.1) is 23.7 Å². The number of Topliss-reactive ketones (excluding diaryl/α,β-unsaturated/α-hetero) is 1. The Labute approximate surface area is 183 Å². The van der Waals surface area contributed by atoms with Gasteiger partial charge >= 0.3 is 0 Å². The molecular weight excluding hydrogens is 397 g/mol. The van der Waals surface area contributed by atoms with E-state index in [4.69, 9.17) is 0 Å². The van der Waals surface area contributed by atoms with Crippen LogP contribution in [0, 0.1) is 40.9 Å². The molecule has 0 saturated heterocycles. The lowest BCUT2D eigenvalue weighted by Gasteiger charge is -2.57. The van der Waals surface area contributed by atoms with Crippen molar-refractivity contribution in [2.24, 2.45) is 40.9 Å². The van der Waals surface area contributed by atoms with Crippen molar-refractivity contribution in [3.05, 3.63) is 16.6 Å². The summed E-state index contributed by atoms with van der Waals surface area (Å²) in [6.45, 7) is 2.01. The van der Waals surface area contributed by atoms with E-state index in [1.807, 2.05) is 5.38 Å². The normalized spacial score (nSPS) is 45.4. The Bertz CT molecular complexity index is 769. The highest BCUT2D eigenvalue weighted by molar-refractivity contribution is 7.09. The van der Waals surface area contributed by atoms with Crippen LogP contribution in [0.15, 0.2) is 11.6 Å². The van der Waals surface area contributed by atoms with Gasteiger partial charge in [-0.1, -0.05) is 6.92 Å². The maximum Gasteiger partial charge on any atom is 0.143 e. The van der Waals surface area contributed by atoms with Crippen molar-refractivity contribution >= 4 is 17.1 Å². The van der Waals surface area contributed by atoms with E-state index in [1.165, 1.54) is 32.1 Å². The molecule has 3 nitrogen and oxygen atoms in total. The maximum absolute atomic E-state index is 13.2. The Hall–Kier alpha value is -0.810. The van der Waals surface area contributed by atoms with Gasteiger partial charge in [0, 0.05) is 23.9 Å². The first kappa shape index (κ1) is 21.1. The van der Waals surface area contributed by atoms with Crippen molar-refractivity contribution in [3.8, 4) is 0 Å². The number of carbonyl (C=O) groups excluding carboxylic acids is 1. The fourth-order valence-corrected chi connectivity index (χ4v) is 9.13. The molecular formula is C25H36FNO2S. The van der Waals surface area contributed by atoms with E-state index < -0.39 is 12.3 Å². The lowest BCUT2D eigenvalue weighted by molar-refractivity contribution is -0.132. The molecule has 8 atom stereocenters.